The van der Waals surface area contributed by atoms with Gasteiger partial charge in [-0.1, -0.05) is 35.9 Å². The van der Waals surface area contributed by atoms with Crippen LogP contribution in [0.4, 0.5) is 5.00 Å². The van der Waals surface area contributed by atoms with Crippen molar-refractivity contribution in [2.45, 2.75) is 0 Å². The third kappa shape index (κ3) is 3.30. The molecule has 0 radical (unpaired) electrons. The summed E-state index contributed by atoms with van der Waals surface area (Å²) in [5.41, 5.74) is 2.44. The van der Waals surface area contributed by atoms with Crippen molar-refractivity contribution in [2.24, 2.45) is 0 Å². The number of aromatic amines is 1. The maximum atomic E-state index is 12.5. The number of carboxylic acids is 1. The van der Waals surface area contributed by atoms with E-state index in [-0.39, 0.29) is 16.5 Å². The molecule has 4 aromatic rings. The normalized spacial score (nSPS) is 10.9. The lowest BCUT2D eigenvalue weighted by Crippen LogP contribution is -2.20. The molecule has 27 heavy (non-hydrogen) atoms. The number of halogens is 1. The number of carbonyl (C=O) groups is 2. The Morgan fingerprint density at radius 2 is 1.85 bits per heavy atom. The van der Waals surface area contributed by atoms with Crippen molar-refractivity contribution in [1.82, 2.24) is 0 Å². The Hall–Kier alpha value is -3.16. The number of oxazole rings is 1. The Morgan fingerprint density at radius 1 is 1.11 bits per heavy atom. The molecule has 4 rings (SSSR count). The highest BCUT2D eigenvalue weighted by molar-refractivity contribution is 7.15. The van der Waals surface area contributed by atoms with Gasteiger partial charge in [0, 0.05) is 22.0 Å². The Labute approximate surface area is 162 Å². The highest BCUT2D eigenvalue weighted by atomic mass is 35.5. The number of para-hydroxylation sites is 2. The zero-order chi connectivity index (χ0) is 19.0. The van der Waals surface area contributed by atoms with Gasteiger partial charge in [-0.25, -0.2) is 4.79 Å². The van der Waals surface area contributed by atoms with Crippen molar-refractivity contribution in [3.63, 3.8) is 0 Å². The largest absolute Gasteiger partial charge is 0.478 e. The number of aromatic nitrogens is 1. The minimum absolute atomic E-state index is 0.00557. The summed E-state index contributed by atoms with van der Waals surface area (Å²) in [5.74, 6) is -1.70. The van der Waals surface area contributed by atoms with Crippen LogP contribution in [-0.4, -0.2) is 17.0 Å². The topological polar surface area (TPSA) is 93.7 Å². The summed E-state index contributed by atoms with van der Waals surface area (Å²) in [7, 11) is 0. The second kappa shape index (κ2) is 6.86. The van der Waals surface area contributed by atoms with Gasteiger partial charge in [-0.05, 0) is 23.8 Å². The lowest BCUT2D eigenvalue weighted by Gasteiger charge is -2.04. The van der Waals surface area contributed by atoms with Crippen molar-refractivity contribution in [3.8, 4) is 11.1 Å². The monoisotopic (exact) mass is 399 g/mol. The summed E-state index contributed by atoms with van der Waals surface area (Å²) >= 11 is 7.02. The first-order valence-electron chi connectivity index (χ1n) is 7.86. The van der Waals surface area contributed by atoms with Crippen LogP contribution in [0.25, 0.3) is 22.2 Å². The molecule has 3 N–H and O–H groups in total. The third-order valence-corrected chi connectivity index (χ3v) is 5.09. The molecule has 0 atom stereocenters. The first kappa shape index (κ1) is 17.3. The molecule has 0 fully saturated rings. The SMILES string of the molecule is O=C(Nc1scc(-c2ccc(Cl)cc2)c1C(=O)O)c1[nH+]c2ccccc2o1. The molecule has 0 spiro atoms. The summed E-state index contributed by atoms with van der Waals surface area (Å²) in [5, 5.41) is 14.7. The molecule has 0 aliphatic rings. The summed E-state index contributed by atoms with van der Waals surface area (Å²) in [4.78, 5) is 27.2. The van der Waals surface area contributed by atoms with Gasteiger partial charge in [0.05, 0.1) is 0 Å². The number of benzene rings is 2. The number of carboxylic acid groups (broad SMARTS) is 1. The minimum Gasteiger partial charge on any atom is -0.478 e. The van der Waals surface area contributed by atoms with Crippen LogP contribution in [0.3, 0.4) is 0 Å². The fourth-order valence-corrected chi connectivity index (χ4v) is 3.77. The molecule has 1 amide bonds. The van der Waals surface area contributed by atoms with Crippen molar-refractivity contribution in [1.29, 1.82) is 0 Å². The maximum absolute atomic E-state index is 12.5. The van der Waals surface area contributed by atoms with E-state index in [9.17, 15) is 14.7 Å². The van der Waals surface area contributed by atoms with Crippen molar-refractivity contribution < 1.29 is 24.1 Å². The molecule has 0 unspecified atom stereocenters. The summed E-state index contributed by atoms with van der Waals surface area (Å²) in [6, 6.07) is 13.9. The van der Waals surface area contributed by atoms with Crippen LogP contribution in [0.5, 0.6) is 0 Å². The van der Waals surface area contributed by atoms with E-state index in [1.54, 1.807) is 47.8 Å². The molecular formula is C19H12ClN2O4S+. The quantitative estimate of drug-likeness (QED) is 0.525. The molecule has 0 saturated carbocycles. The number of hydrogen-bond donors (Lipinski definition) is 2. The zero-order valence-electron chi connectivity index (χ0n) is 13.7. The molecule has 2 heterocycles. The number of amides is 1. The smallest absolute Gasteiger partial charge is 0.439 e. The van der Waals surface area contributed by atoms with Crippen LogP contribution in [0.15, 0.2) is 58.3 Å². The van der Waals surface area contributed by atoms with Gasteiger partial charge in [-0.15, -0.1) is 11.3 Å². The van der Waals surface area contributed by atoms with E-state index >= 15 is 0 Å². The molecule has 0 aliphatic heterocycles. The summed E-state index contributed by atoms with van der Waals surface area (Å²) < 4.78 is 5.48. The van der Waals surface area contributed by atoms with E-state index in [1.165, 1.54) is 0 Å². The highest BCUT2D eigenvalue weighted by Crippen LogP contribution is 2.36. The predicted octanol–water partition coefficient (Wildman–Crippen LogP) is 4.58. The Morgan fingerprint density at radius 3 is 2.56 bits per heavy atom. The van der Waals surface area contributed by atoms with E-state index in [0.29, 0.717) is 27.2 Å². The number of nitrogens with one attached hydrogen (secondary N) is 2. The van der Waals surface area contributed by atoms with E-state index in [2.05, 4.69) is 10.3 Å². The Kier molecular flexibility index (Phi) is 4.39. The molecule has 134 valence electrons. The Balaban J connectivity index is 1.68. The average Bonchev–Trinajstić information content (AvgIpc) is 3.26. The molecule has 2 aromatic heterocycles. The van der Waals surface area contributed by atoms with E-state index in [0.717, 1.165) is 11.3 Å². The maximum Gasteiger partial charge on any atom is 0.439 e. The first-order valence-corrected chi connectivity index (χ1v) is 9.11. The van der Waals surface area contributed by atoms with E-state index in [4.69, 9.17) is 16.0 Å². The fraction of sp³-hybridized carbons (Fsp3) is 0. The van der Waals surface area contributed by atoms with Crippen LogP contribution >= 0.6 is 22.9 Å². The van der Waals surface area contributed by atoms with Gasteiger partial charge in [0.2, 0.25) is 11.1 Å². The highest BCUT2D eigenvalue weighted by Gasteiger charge is 2.26. The number of carbonyl (C=O) groups excluding carboxylic acids is 1. The van der Waals surface area contributed by atoms with Crippen LogP contribution in [0.2, 0.25) is 5.02 Å². The number of H-pyrrole nitrogens is 1. The number of anilines is 1. The van der Waals surface area contributed by atoms with Gasteiger partial charge in [0.1, 0.15) is 10.6 Å². The van der Waals surface area contributed by atoms with Crippen LogP contribution < -0.4 is 10.3 Å². The Bertz CT molecular complexity index is 1130. The summed E-state index contributed by atoms with van der Waals surface area (Å²) in [6.07, 6.45) is 0. The molecule has 6 nitrogen and oxygen atoms in total. The van der Waals surface area contributed by atoms with E-state index in [1.807, 2.05) is 6.07 Å². The number of thiophene rings is 1. The van der Waals surface area contributed by atoms with Gasteiger partial charge < -0.3 is 14.8 Å². The number of fused-ring (bicyclic) bond motifs is 1. The van der Waals surface area contributed by atoms with Crippen LogP contribution in [0, 0.1) is 0 Å². The summed E-state index contributed by atoms with van der Waals surface area (Å²) in [6.45, 7) is 0. The molecule has 0 bridgehead atoms. The lowest BCUT2D eigenvalue weighted by atomic mass is 10.0. The number of hydrogen-bond acceptors (Lipinski definition) is 4. The third-order valence-electron chi connectivity index (χ3n) is 3.94. The molecule has 0 aliphatic carbocycles. The van der Waals surface area contributed by atoms with Crippen LogP contribution in [0.1, 0.15) is 21.0 Å². The molecule has 8 heteroatoms. The number of rotatable bonds is 4. The van der Waals surface area contributed by atoms with Gasteiger partial charge in [-0.3, -0.25) is 4.79 Å². The lowest BCUT2D eigenvalue weighted by molar-refractivity contribution is -0.358. The molecular weight excluding hydrogens is 388 g/mol. The molecule has 0 saturated heterocycles. The average molecular weight is 400 g/mol. The minimum atomic E-state index is -1.13. The van der Waals surface area contributed by atoms with Gasteiger partial charge >= 0.3 is 17.8 Å². The van der Waals surface area contributed by atoms with E-state index < -0.39 is 11.9 Å². The predicted molar refractivity (Wildman–Crippen MR) is 102 cm³/mol. The standard InChI is InChI=1S/C19H11ClN2O4S/c20-11-7-5-10(6-8-11)12-9-27-18(15(12)19(24)25)22-16(23)17-21-13-3-1-2-4-14(13)26-17/h1-9H,(H,22,23)(H,24,25)/p+1. The second-order valence-corrected chi connectivity index (χ2v) is 6.99. The van der Waals surface area contributed by atoms with Gasteiger partial charge in [-0.2, -0.15) is 4.98 Å². The second-order valence-electron chi connectivity index (χ2n) is 5.67. The zero-order valence-corrected chi connectivity index (χ0v) is 15.2. The van der Waals surface area contributed by atoms with Gasteiger partial charge in [0.15, 0.2) is 0 Å². The van der Waals surface area contributed by atoms with Crippen molar-refractivity contribution >= 4 is 50.9 Å². The van der Waals surface area contributed by atoms with Gasteiger partial charge in [0.25, 0.3) is 0 Å². The first-order chi connectivity index (χ1) is 13.0. The van der Waals surface area contributed by atoms with Crippen molar-refractivity contribution in [3.05, 3.63) is 70.4 Å². The van der Waals surface area contributed by atoms with Crippen molar-refractivity contribution in [2.75, 3.05) is 5.32 Å². The fourth-order valence-electron chi connectivity index (χ4n) is 2.68. The molecule has 2 aromatic carbocycles. The van der Waals surface area contributed by atoms with Crippen LogP contribution in [-0.2, 0) is 0 Å². The number of aromatic carboxylic acids is 1.